The minimum atomic E-state index is -4.82. The van der Waals surface area contributed by atoms with E-state index in [2.05, 4.69) is 20.6 Å². The van der Waals surface area contributed by atoms with Gasteiger partial charge in [0.15, 0.2) is 6.16 Å². The molecule has 1 aromatic heterocycles. The molecule has 218 valence electrons. The lowest BCUT2D eigenvalue weighted by Gasteiger charge is -2.18. The van der Waals surface area contributed by atoms with Gasteiger partial charge in [-0.15, -0.1) is 0 Å². The Morgan fingerprint density at radius 3 is 2.37 bits per heavy atom. The first-order valence-electron chi connectivity index (χ1n) is 12.4. The molecule has 0 fully saturated rings. The Hall–Kier alpha value is -3.84. The maximum absolute atomic E-state index is 13.9. The zero-order valence-electron chi connectivity index (χ0n) is 22.6. The van der Waals surface area contributed by atoms with Crippen LogP contribution in [0.5, 0.6) is 5.75 Å². The van der Waals surface area contributed by atoms with Crippen LogP contribution in [-0.4, -0.2) is 58.9 Å². The van der Waals surface area contributed by atoms with Gasteiger partial charge in [0.05, 0.1) is 42.8 Å². The fourth-order valence-corrected chi connectivity index (χ4v) is 5.92. The Kier molecular flexibility index (Phi) is 8.78. The van der Waals surface area contributed by atoms with Gasteiger partial charge in [-0.25, -0.2) is 4.98 Å². The van der Waals surface area contributed by atoms with E-state index in [1.807, 2.05) is 0 Å². The van der Waals surface area contributed by atoms with Crippen molar-refractivity contribution in [2.75, 3.05) is 38.0 Å². The molecule has 4 rings (SSSR count). The number of carbonyl (C=O) groups is 2. The molecule has 0 spiro atoms. The van der Waals surface area contributed by atoms with Crippen molar-refractivity contribution in [2.45, 2.75) is 26.2 Å². The number of alkyl halides is 3. The molecule has 0 aliphatic carbocycles. The molecule has 0 unspecified atom stereocenters. The minimum absolute atomic E-state index is 0.0123. The Morgan fingerprint density at radius 2 is 1.73 bits per heavy atom. The van der Waals surface area contributed by atoms with Crippen molar-refractivity contribution in [3.8, 4) is 5.75 Å². The Bertz CT molecular complexity index is 1470. The average Bonchev–Trinajstić information content (AvgIpc) is 3.13. The highest BCUT2D eigenvalue weighted by molar-refractivity contribution is 7.59. The predicted octanol–water partition coefficient (Wildman–Crippen LogP) is 5.54. The molecule has 2 aromatic carbocycles. The highest BCUT2D eigenvalue weighted by Gasteiger charge is 2.41. The van der Waals surface area contributed by atoms with Gasteiger partial charge in [-0.1, -0.05) is 12.1 Å². The number of nitrogens with one attached hydrogen (secondary N) is 2. The van der Waals surface area contributed by atoms with Gasteiger partial charge >= 0.3 is 14.1 Å². The van der Waals surface area contributed by atoms with Gasteiger partial charge in [0.2, 0.25) is 5.95 Å². The van der Waals surface area contributed by atoms with Crippen LogP contribution in [0.3, 0.4) is 0 Å². The van der Waals surface area contributed by atoms with E-state index in [0.717, 1.165) is 4.90 Å². The number of aromatic nitrogens is 2. The van der Waals surface area contributed by atoms with E-state index in [4.69, 9.17) is 13.8 Å². The summed E-state index contributed by atoms with van der Waals surface area (Å²) in [6.07, 6.45) is -4.13. The zero-order valence-corrected chi connectivity index (χ0v) is 23.5. The molecule has 2 heterocycles. The molecule has 15 heteroatoms. The highest BCUT2D eigenvalue weighted by atomic mass is 31.2. The number of amides is 2. The third-order valence-electron chi connectivity index (χ3n) is 6.02. The monoisotopic (exact) mass is 594 g/mol. The topological polar surface area (TPSA) is 135 Å². The molecule has 0 radical (unpaired) electrons. The van der Waals surface area contributed by atoms with Crippen LogP contribution in [0.25, 0.3) is 0 Å². The number of nitrogens with zero attached hydrogens (tertiary/aromatic N) is 3. The first kappa shape index (κ1) is 30.1. The van der Waals surface area contributed by atoms with Gasteiger partial charge in [-0.05, 0) is 38.1 Å². The molecule has 1 aliphatic rings. The predicted molar refractivity (Wildman–Crippen MR) is 146 cm³/mol. The SMILES string of the molecule is CCO[P+](O)(Cc1ccc(Nc2ncc(C(F)(F)F)c(Nc3cccc4c3C(=O)N(C)C4=O)n2)c(OC)c1)OCC. The van der Waals surface area contributed by atoms with Crippen molar-refractivity contribution >= 4 is 42.9 Å². The summed E-state index contributed by atoms with van der Waals surface area (Å²) < 4.78 is 57.9. The van der Waals surface area contributed by atoms with Crippen LogP contribution in [0, 0.1) is 0 Å². The first-order valence-corrected chi connectivity index (χ1v) is 14.2. The van der Waals surface area contributed by atoms with Gasteiger partial charge < -0.3 is 15.4 Å². The van der Waals surface area contributed by atoms with Crippen molar-refractivity contribution in [3.05, 3.63) is 64.8 Å². The molecule has 0 saturated heterocycles. The lowest BCUT2D eigenvalue weighted by molar-refractivity contribution is -0.137. The summed E-state index contributed by atoms with van der Waals surface area (Å²) in [4.78, 5) is 44.4. The van der Waals surface area contributed by atoms with Crippen molar-refractivity contribution < 1.29 is 41.4 Å². The number of imide groups is 1. The van der Waals surface area contributed by atoms with E-state index in [-0.39, 0.29) is 42.1 Å². The number of hydrogen-bond acceptors (Lipinski definition) is 10. The Labute approximate surface area is 234 Å². The molecule has 1 aliphatic heterocycles. The van der Waals surface area contributed by atoms with Gasteiger partial charge in [0.25, 0.3) is 11.8 Å². The average molecular weight is 595 g/mol. The number of halogens is 3. The molecule has 41 heavy (non-hydrogen) atoms. The van der Waals surface area contributed by atoms with E-state index in [1.165, 1.54) is 32.4 Å². The second-order valence-corrected chi connectivity index (χ2v) is 10.9. The summed E-state index contributed by atoms with van der Waals surface area (Å²) in [7, 11) is -0.452. The smallest absolute Gasteiger partial charge is 0.421 e. The van der Waals surface area contributed by atoms with Gasteiger partial charge in [0.1, 0.15) is 17.1 Å². The largest absolute Gasteiger partial charge is 0.495 e. The molecule has 3 aromatic rings. The molecule has 11 nitrogen and oxygen atoms in total. The number of hydrogen-bond donors (Lipinski definition) is 3. The normalized spacial score (nSPS) is 13.4. The molecule has 0 bridgehead atoms. The Balaban J connectivity index is 1.66. The van der Waals surface area contributed by atoms with Crippen LogP contribution < -0.4 is 15.4 Å². The highest BCUT2D eigenvalue weighted by Crippen LogP contribution is 2.59. The summed E-state index contributed by atoms with van der Waals surface area (Å²) in [5, 5.41) is 5.41. The lowest BCUT2D eigenvalue weighted by atomic mass is 10.1. The summed E-state index contributed by atoms with van der Waals surface area (Å²) in [5.74, 6) is -1.74. The third kappa shape index (κ3) is 6.41. The van der Waals surface area contributed by atoms with E-state index < -0.39 is 37.3 Å². The number of methoxy groups -OCH3 is 1. The van der Waals surface area contributed by atoms with Gasteiger partial charge in [-0.3, -0.25) is 14.5 Å². The number of ether oxygens (including phenoxy) is 1. The summed E-state index contributed by atoms with van der Waals surface area (Å²) >= 11 is 0. The second kappa shape index (κ2) is 12.0. The minimum Gasteiger partial charge on any atom is -0.495 e. The van der Waals surface area contributed by atoms with Crippen LogP contribution in [0.15, 0.2) is 42.6 Å². The third-order valence-corrected chi connectivity index (χ3v) is 8.11. The van der Waals surface area contributed by atoms with E-state index in [9.17, 15) is 27.7 Å². The number of carbonyl (C=O) groups excluding carboxylic acids is 2. The van der Waals surface area contributed by atoms with Gasteiger partial charge in [0, 0.05) is 18.8 Å². The van der Waals surface area contributed by atoms with Crippen LogP contribution in [0.2, 0.25) is 0 Å². The molecular formula is C26H28F3N5O6P+. The lowest BCUT2D eigenvalue weighted by Crippen LogP contribution is -2.24. The van der Waals surface area contributed by atoms with Crippen LogP contribution in [0.4, 0.5) is 36.3 Å². The van der Waals surface area contributed by atoms with Crippen molar-refractivity contribution in [1.29, 1.82) is 0 Å². The quantitative estimate of drug-likeness (QED) is 0.192. The van der Waals surface area contributed by atoms with Gasteiger partial charge in [-0.2, -0.15) is 32.1 Å². The Morgan fingerprint density at radius 1 is 1.02 bits per heavy atom. The number of rotatable bonds is 11. The van der Waals surface area contributed by atoms with Crippen molar-refractivity contribution in [1.82, 2.24) is 14.9 Å². The maximum atomic E-state index is 13.9. The number of benzene rings is 2. The van der Waals surface area contributed by atoms with E-state index in [1.54, 1.807) is 32.0 Å². The standard InChI is InChI=1S/C26H27F3N5O6P/c1-5-39-41(37,40-6-2)14-15-10-11-18(20(12-15)38-4)32-25-30-13-17(26(27,28)29)22(33-25)31-19-9-7-8-16-21(19)24(36)34(3)23(16)35/h7-13,37H,5-6,14H2,1-4H3,(H-,30,31,32,33,36)/p+1. The second-order valence-electron chi connectivity index (χ2n) is 8.77. The van der Waals surface area contributed by atoms with Crippen molar-refractivity contribution in [3.63, 3.8) is 0 Å². The summed E-state index contributed by atoms with van der Waals surface area (Å²) in [6, 6.07) is 9.14. The molecule has 0 atom stereocenters. The molecular weight excluding hydrogens is 566 g/mol. The zero-order chi connectivity index (χ0) is 29.9. The van der Waals surface area contributed by atoms with Crippen molar-refractivity contribution in [2.24, 2.45) is 0 Å². The fourth-order valence-electron chi connectivity index (χ4n) is 4.20. The number of fused-ring (bicyclic) bond motifs is 1. The molecule has 0 saturated carbocycles. The summed E-state index contributed by atoms with van der Waals surface area (Å²) in [6.45, 7) is 4.00. The first-order chi connectivity index (χ1) is 19.4. The molecule has 2 amide bonds. The van der Waals surface area contributed by atoms with Crippen LogP contribution in [-0.2, 0) is 21.4 Å². The van der Waals surface area contributed by atoms with E-state index >= 15 is 0 Å². The van der Waals surface area contributed by atoms with E-state index in [0.29, 0.717) is 23.2 Å². The van der Waals surface area contributed by atoms with Crippen LogP contribution >= 0.6 is 7.94 Å². The van der Waals surface area contributed by atoms with Crippen LogP contribution in [0.1, 0.15) is 45.7 Å². The maximum Gasteiger partial charge on any atom is 0.421 e. The molecule has 3 N–H and O–H groups in total. The fraction of sp³-hybridized carbons (Fsp3) is 0.308. The number of anilines is 4. The summed E-state index contributed by atoms with van der Waals surface area (Å²) in [5.41, 5.74) is -0.204.